The van der Waals surface area contributed by atoms with Gasteiger partial charge in [-0.3, -0.25) is 9.63 Å². The summed E-state index contributed by atoms with van der Waals surface area (Å²) in [6, 6.07) is 4.59. The lowest BCUT2D eigenvalue weighted by molar-refractivity contribution is -0.0760. The summed E-state index contributed by atoms with van der Waals surface area (Å²) in [4.78, 5) is 22.7. The zero-order valence-electron chi connectivity index (χ0n) is 8.28. The van der Waals surface area contributed by atoms with Crippen LogP contribution in [-0.4, -0.2) is 30.1 Å². The fourth-order valence-corrected chi connectivity index (χ4v) is 0.888. The van der Waals surface area contributed by atoms with Crippen LogP contribution in [0.4, 0.5) is 5.82 Å². The number of rotatable bonds is 3. The van der Waals surface area contributed by atoms with Crippen LogP contribution in [-0.2, 0) is 4.84 Å². The predicted octanol–water partition coefficient (Wildman–Crippen LogP) is 1.66. The molecule has 78 valence electrons. The molecule has 1 rings (SSSR count). The first kappa shape index (κ1) is 11.0. The number of hydroxylamine groups is 2. The minimum Gasteiger partial charge on any atom is -0.274 e. The van der Waals surface area contributed by atoms with Crippen molar-refractivity contribution in [3.63, 3.8) is 0 Å². The van der Waals surface area contributed by atoms with Crippen LogP contribution in [0.5, 0.6) is 0 Å². The van der Waals surface area contributed by atoms with Gasteiger partial charge in [-0.15, -0.1) is 0 Å². The maximum absolute atomic E-state index is 11.5. The number of carbonyl (C=O) groups is 1. The number of carbonyl (C=O) groups excluding carboxylic acids is 1. The molecule has 0 atom stereocenters. The first-order chi connectivity index (χ1) is 7.19. The molecule has 0 aromatic carbocycles. The summed E-state index contributed by atoms with van der Waals surface area (Å²) in [5.74, 6) is -0.264. The Labute approximate surface area is 85.9 Å². The first-order valence-electron chi connectivity index (χ1n) is 4.03. The van der Waals surface area contributed by atoms with Gasteiger partial charge in [0.2, 0.25) is 0 Å². The Hall–Kier alpha value is -2.11. The Balaban J connectivity index is 2.99. The highest BCUT2D eigenvalue weighted by Gasteiger charge is 2.12. The van der Waals surface area contributed by atoms with Crippen molar-refractivity contribution in [1.29, 1.82) is 0 Å². The Kier molecular flexibility index (Phi) is 3.61. The summed E-state index contributed by atoms with van der Waals surface area (Å²) in [5, 5.41) is 4.32. The standard InChI is InChI=1S/C8H9N5O2/c1-13(15-2)8(14)6-4-3-5-7(10-6)11-12-9/h3-5H,1-2H3. The van der Waals surface area contributed by atoms with E-state index < -0.39 is 5.91 Å². The van der Waals surface area contributed by atoms with Gasteiger partial charge < -0.3 is 0 Å². The Bertz CT molecular complexity index is 413. The lowest BCUT2D eigenvalue weighted by atomic mass is 10.3. The molecular formula is C8H9N5O2. The van der Waals surface area contributed by atoms with Crippen LogP contribution in [0.3, 0.4) is 0 Å². The van der Waals surface area contributed by atoms with E-state index in [4.69, 9.17) is 10.4 Å². The molecule has 0 aliphatic carbocycles. The zero-order valence-corrected chi connectivity index (χ0v) is 8.28. The summed E-state index contributed by atoms with van der Waals surface area (Å²) >= 11 is 0. The van der Waals surface area contributed by atoms with E-state index in [2.05, 4.69) is 15.0 Å². The molecule has 0 bridgehead atoms. The van der Waals surface area contributed by atoms with Crippen molar-refractivity contribution >= 4 is 11.7 Å². The number of aromatic nitrogens is 1. The second-order valence-corrected chi connectivity index (χ2v) is 2.56. The van der Waals surface area contributed by atoms with Gasteiger partial charge in [-0.2, -0.15) is 0 Å². The fourth-order valence-electron chi connectivity index (χ4n) is 0.888. The molecule has 15 heavy (non-hydrogen) atoms. The van der Waals surface area contributed by atoms with Gasteiger partial charge in [-0.05, 0) is 22.8 Å². The van der Waals surface area contributed by atoms with E-state index in [9.17, 15) is 4.79 Å². The smallest absolute Gasteiger partial charge is 0.274 e. The Morgan fingerprint density at radius 2 is 2.40 bits per heavy atom. The van der Waals surface area contributed by atoms with E-state index in [-0.39, 0.29) is 11.5 Å². The lowest BCUT2D eigenvalue weighted by Gasteiger charge is -2.12. The maximum Gasteiger partial charge on any atom is 0.295 e. The van der Waals surface area contributed by atoms with E-state index in [1.165, 1.54) is 26.3 Å². The van der Waals surface area contributed by atoms with Gasteiger partial charge in [-0.25, -0.2) is 10.0 Å². The molecule has 0 aliphatic heterocycles. The maximum atomic E-state index is 11.5. The third kappa shape index (κ3) is 2.67. The van der Waals surface area contributed by atoms with Crippen LogP contribution in [0.15, 0.2) is 23.3 Å². The lowest BCUT2D eigenvalue weighted by Crippen LogP contribution is -2.26. The molecule has 1 amide bonds. The molecule has 7 nitrogen and oxygen atoms in total. The van der Waals surface area contributed by atoms with Crippen molar-refractivity contribution in [2.24, 2.45) is 5.11 Å². The Morgan fingerprint density at radius 3 is 3.00 bits per heavy atom. The molecule has 0 N–H and O–H groups in total. The number of azide groups is 1. The summed E-state index contributed by atoms with van der Waals surface area (Å²) in [5.41, 5.74) is 8.36. The van der Waals surface area contributed by atoms with Crippen LogP contribution in [0.25, 0.3) is 10.4 Å². The molecule has 0 saturated heterocycles. The van der Waals surface area contributed by atoms with Crippen LogP contribution in [0.2, 0.25) is 0 Å². The average Bonchev–Trinajstić information content (AvgIpc) is 2.28. The van der Waals surface area contributed by atoms with E-state index in [1.54, 1.807) is 6.07 Å². The zero-order chi connectivity index (χ0) is 11.3. The van der Waals surface area contributed by atoms with Gasteiger partial charge >= 0.3 is 0 Å². The highest BCUT2D eigenvalue weighted by molar-refractivity contribution is 5.91. The molecule has 7 heteroatoms. The van der Waals surface area contributed by atoms with Crippen molar-refractivity contribution in [1.82, 2.24) is 10.0 Å². The second kappa shape index (κ2) is 4.94. The minimum absolute atomic E-state index is 0.146. The molecule has 0 unspecified atom stereocenters. The van der Waals surface area contributed by atoms with E-state index in [0.29, 0.717) is 0 Å². The molecule has 0 spiro atoms. The van der Waals surface area contributed by atoms with Crippen molar-refractivity contribution < 1.29 is 9.63 Å². The predicted molar refractivity (Wildman–Crippen MR) is 52.1 cm³/mol. The van der Waals surface area contributed by atoms with Crippen LogP contribution in [0.1, 0.15) is 10.5 Å². The van der Waals surface area contributed by atoms with E-state index in [0.717, 1.165) is 5.06 Å². The minimum atomic E-state index is -0.410. The number of amides is 1. The Morgan fingerprint density at radius 1 is 1.67 bits per heavy atom. The number of pyridine rings is 1. The SMILES string of the molecule is CON(C)C(=O)c1cccc(N=[N+]=[N-])n1. The van der Waals surface area contributed by atoms with Gasteiger partial charge in [0.15, 0.2) is 0 Å². The summed E-state index contributed by atoms with van der Waals surface area (Å²) in [7, 11) is 2.83. The van der Waals surface area contributed by atoms with Crippen molar-refractivity contribution in [3.05, 3.63) is 34.3 Å². The van der Waals surface area contributed by atoms with Gasteiger partial charge in [0.05, 0.1) is 7.11 Å². The van der Waals surface area contributed by atoms with Crippen LogP contribution in [0, 0.1) is 0 Å². The van der Waals surface area contributed by atoms with Crippen LogP contribution >= 0.6 is 0 Å². The summed E-state index contributed by atoms with van der Waals surface area (Å²) in [6.07, 6.45) is 0. The summed E-state index contributed by atoms with van der Waals surface area (Å²) < 4.78 is 0. The molecular weight excluding hydrogens is 198 g/mol. The quantitative estimate of drug-likeness (QED) is 0.326. The summed E-state index contributed by atoms with van der Waals surface area (Å²) in [6.45, 7) is 0. The average molecular weight is 207 g/mol. The fraction of sp³-hybridized carbons (Fsp3) is 0.250. The molecule has 1 heterocycles. The number of hydrogen-bond acceptors (Lipinski definition) is 4. The van der Waals surface area contributed by atoms with Gasteiger partial charge in [-0.1, -0.05) is 6.07 Å². The number of hydrogen-bond donors (Lipinski definition) is 0. The third-order valence-electron chi connectivity index (χ3n) is 1.66. The first-order valence-corrected chi connectivity index (χ1v) is 4.03. The van der Waals surface area contributed by atoms with E-state index in [1.807, 2.05) is 0 Å². The van der Waals surface area contributed by atoms with Gasteiger partial charge in [0, 0.05) is 12.0 Å². The van der Waals surface area contributed by atoms with Gasteiger partial charge in [0.25, 0.3) is 5.91 Å². The van der Waals surface area contributed by atoms with Gasteiger partial charge in [0.1, 0.15) is 11.5 Å². The molecule has 1 aromatic rings. The van der Waals surface area contributed by atoms with Crippen molar-refractivity contribution in [2.75, 3.05) is 14.2 Å². The van der Waals surface area contributed by atoms with Crippen LogP contribution < -0.4 is 0 Å². The molecule has 0 aliphatic rings. The topological polar surface area (TPSA) is 91.2 Å². The molecule has 0 fully saturated rings. The molecule has 0 saturated carbocycles. The normalized spacial score (nSPS) is 9.20. The van der Waals surface area contributed by atoms with Crippen molar-refractivity contribution in [2.45, 2.75) is 0 Å². The van der Waals surface area contributed by atoms with Crippen molar-refractivity contribution in [3.8, 4) is 0 Å². The highest BCUT2D eigenvalue weighted by Crippen LogP contribution is 2.10. The number of nitrogens with zero attached hydrogens (tertiary/aromatic N) is 5. The molecule has 1 aromatic heterocycles. The van der Waals surface area contributed by atoms with E-state index >= 15 is 0 Å². The molecule has 0 radical (unpaired) electrons. The largest absolute Gasteiger partial charge is 0.295 e. The monoisotopic (exact) mass is 207 g/mol. The second-order valence-electron chi connectivity index (χ2n) is 2.56. The highest BCUT2D eigenvalue weighted by atomic mass is 16.7. The third-order valence-corrected chi connectivity index (χ3v) is 1.66.